The topological polar surface area (TPSA) is 113 Å². The van der Waals surface area contributed by atoms with E-state index in [2.05, 4.69) is 0 Å². The van der Waals surface area contributed by atoms with Gasteiger partial charge in [0.15, 0.2) is 15.6 Å². The largest absolute Gasteiger partial charge is 0.483 e. The molecule has 2 atom stereocenters. The van der Waals surface area contributed by atoms with E-state index in [1.807, 2.05) is 0 Å². The Kier molecular flexibility index (Phi) is 4.48. The molecule has 7 nitrogen and oxygen atoms in total. The lowest BCUT2D eigenvalue weighted by Gasteiger charge is -2.27. The highest BCUT2D eigenvalue weighted by molar-refractivity contribution is 7.90. The number of benzene rings is 1. The summed E-state index contributed by atoms with van der Waals surface area (Å²) in [6, 6.07) is 4.10. The highest BCUT2D eigenvalue weighted by Crippen LogP contribution is 2.35. The number of nitrogens with zero attached hydrogens (tertiary/aromatic N) is 1. The van der Waals surface area contributed by atoms with Crippen molar-refractivity contribution in [3.63, 3.8) is 0 Å². The van der Waals surface area contributed by atoms with Gasteiger partial charge in [-0.05, 0) is 37.8 Å². The van der Waals surface area contributed by atoms with Crippen LogP contribution in [0.4, 0.5) is 5.69 Å². The predicted octanol–water partition coefficient (Wildman–Crippen LogP) is 1.65. The van der Waals surface area contributed by atoms with Crippen molar-refractivity contribution in [1.29, 1.82) is 0 Å². The van der Waals surface area contributed by atoms with Crippen LogP contribution in [0.15, 0.2) is 23.1 Å². The highest BCUT2D eigenvalue weighted by Gasteiger charge is 2.29. The lowest BCUT2D eigenvalue weighted by atomic mass is 9.93. The van der Waals surface area contributed by atoms with Crippen molar-refractivity contribution in [2.75, 3.05) is 6.26 Å². The minimum Gasteiger partial charge on any atom is -0.483 e. The summed E-state index contributed by atoms with van der Waals surface area (Å²) in [6.07, 6.45) is 3.89. The second-order valence-corrected chi connectivity index (χ2v) is 7.28. The summed E-state index contributed by atoms with van der Waals surface area (Å²) >= 11 is 0. The van der Waals surface area contributed by atoms with Gasteiger partial charge >= 0.3 is 5.69 Å². The molecule has 2 rings (SSSR count). The van der Waals surface area contributed by atoms with E-state index in [1.165, 1.54) is 18.2 Å². The first-order chi connectivity index (χ1) is 9.79. The second kappa shape index (κ2) is 5.98. The zero-order valence-electron chi connectivity index (χ0n) is 11.7. The summed E-state index contributed by atoms with van der Waals surface area (Å²) in [5, 5.41) is 11.2. The van der Waals surface area contributed by atoms with Crippen molar-refractivity contribution in [2.24, 2.45) is 5.73 Å². The van der Waals surface area contributed by atoms with Crippen molar-refractivity contribution in [3.8, 4) is 5.75 Å². The van der Waals surface area contributed by atoms with Crippen LogP contribution in [0.25, 0.3) is 0 Å². The van der Waals surface area contributed by atoms with E-state index < -0.39 is 20.4 Å². The molecule has 21 heavy (non-hydrogen) atoms. The van der Waals surface area contributed by atoms with Gasteiger partial charge in [0.1, 0.15) is 11.0 Å². The van der Waals surface area contributed by atoms with Crippen LogP contribution in [-0.2, 0) is 9.84 Å². The number of hydrogen-bond donors (Lipinski definition) is 1. The third kappa shape index (κ3) is 3.70. The van der Waals surface area contributed by atoms with Gasteiger partial charge in [0.05, 0.1) is 4.92 Å². The van der Waals surface area contributed by atoms with E-state index in [-0.39, 0.29) is 22.8 Å². The number of para-hydroxylation sites is 1. The Morgan fingerprint density at radius 1 is 1.38 bits per heavy atom. The summed E-state index contributed by atoms with van der Waals surface area (Å²) in [5.41, 5.74) is 5.37. The van der Waals surface area contributed by atoms with Crippen molar-refractivity contribution >= 4 is 15.5 Å². The van der Waals surface area contributed by atoms with E-state index >= 15 is 0 Å². The van der Waals surface area contributed by atoms with Gasteiger partial charge in [-0.3, -0.25) is 10.1 Å². The lowest BCUT2D eigenvalue weighted by Crippen LogP contribution is -2.33. The molecule has 116 valence electrons. The van der Waals surface area contributed by atoms with E-state index in [4.69, 9.17) is 10.5 Å². The van der Waals surface area contributed by atoms with Gasteiger partial charge in [0.25, 0.3) is 0 Å². The molecule has 1 aliphatic rings. The van der Waals surface area contributed by atoms with Crippen LogP contribution >= 0.6 is 0 Å². The Bertz CT molecular complexity index is 644. The monoisotopic (exact) mass is 314 g/mol. The van der Waals surface area contributed by atoms with Crippen molar-refractivity contribution < 1.29 is 18.1 Å². The van der Waals surface area contributed by atoms with Crippen LogP contribution in [-0.4, -0.2) is 31.7 Å². The van der Waals surface area contributed by atoms with Crippen molar-refractivity contribution in [3.05, 3.63) is 28.3 Å². The summed E-state index contributed by atoms with van der Waals surface area (Å²) in [6.45, 7) is 0. The van der Waals surface area contributed by atoms with Crippen molar-refractivity contribution in [1.82, 2.24) is 0 Å². The normalized spacial score (nSPS) is 22.8. The van der Waals surface area contributed by atoms with E-state index in [0.717, 1.165) is 25.5 Å². The third-order valence-corrected chi connectivity index (χ3v) is 4.63. The maximum Gasteiger partial charge on any atom is 0.329 e. The Morgan fingerprint density at radius 3 is 2.67 bits per heavy atom. The first kappa shape index (κ1) is 15.7. The average molecular weight is 314 g/mol. The number of sulfone groups is 1. The van der Waals surface area contributed by atoms with Crippen LogP contribution < -0.4 is 10.5 Å². The number of nitrogens with two attached hydrogens (primary N) is 1. The molecule has 1 aromatic rings. The smallest absolute Gasteiger partial charge is 0.329 e. The molecule has 0 amide bonds. The van der Waals surface area contributed by atoms with Crippen LogP contribution in [0.3, 0.4) is 0 Å². The number of rotatable bonds is 4. The molecule has 0 heterocycles. The van der Waals surface area contributed by atoms with Crippen LogP contribution in [0.2, 0.25) is 0 Å². The summed E-state index contributed by atoms with van der Waals surface area (Å²) in [7, 11) is -3.70. The van der Waals surface area contributed by atoms with Crippen molar-refractivity contribution in [2.45, 2.75) is 42.7 Å². The first-order valence-corrected chi connectivity index (χ1v) is 8.58. The maximum absolute atomic E-state index is 11.7. The molecular formula is C13H18N2O5S. The molecule has 1 aromatic carbocycles. The van der Waals surface area contributed by atoms with Crippen LogP contribution in [0.5, 0.6) is 5.75 Å². The number of nitro benzene ring substituents is 1. The zero-order valence-corrected chi connectivity index (χ0v) is 12.5. The maximum atomic E-state index is 11.7. The fraction of sp³-hybridized carbons (Fsp3) is 0.538. The Labute approximate surface area is 123 Å². The molecule has 8 heteroatoms. The molecule has 0 radical (unpaired) electrons. The minimum absolute atomic E-state index is 0.0120. The summed E-state index contributed by atoms with van der Waals surface area (Å²) in [4.78, 5) is 10.2. The van der Waals surface area contributed by atoms with Gasteiger partial charge in [0.2, 0.25) is 0 Å². The first-order valence-electron chi connectivity index (χ1n) is 6.68. The Morgan fingerprint density at radius 2 is 2.10 bits per heavy atom. The Hall–Kier alpha value is -1.67. The minimum atomic E-state index is -3.70. The SMILES string of the molecule is CS(=O)(=O)c1cccc(OC2CCCC(N)C2)c1[N+](=O)[O-]. The number of hydrogen-bond acceptors (Lipinski definition) is 6. The van der Waals surface area contributed by atoms with E-state index in [9.17, 15) is 18.5 Å². The molecule has 0 aliphatic heterocycles. The van der Waals surface area contributed by atoms with Crippen LogP contribution in [0, 0.1) is 10.1 Å². The molecular weight excluding hydrogens is 296 g/mol. The molecule has 1 fully saturated rings. The quantitative estimate of drug-likeness (QED) is 0.668. The Balaban J connectivity index is 2.37. The fourth-order valence-corrected chi connectivity index (χ4v) is 3.40. The van der Waals surface area contributed by atoms with Gasteiger partial charge < -0.3 is 10.5 Å². The third-order valence-electron chi connectivity index (χ3n) is 3.50. The fourth-order valence-electron chi connectivity index (χ4n) is 2.54. The number of ether oxygens (including phenoxy) is 1. The molecule has 1 aliphatic carbocycles. The summed E-state index contributed by atoms with van der Waals surface area (Å²) in [5.74, 6) is -0.0120. The zero-order chi connectivity index (χ0) is 15.6. The lowest BCUT2D eigenvalue weighted by molar-refractivity contribution is -0.389. The van der Waals surface area contributed by atoms with Gasteiger partial charge in [-0.15, -0.1) is 0 Å². The predicted molar refractivity (Wildman–Crippen MR) is 77.1 cm³/mol. The second-order valence-electron chi connectivity index (χ2n) is 5.30. The number of nitro groups is 1. The van der Waals surface area contributed by atoms with Gasteiger partial charge in [-0.25, -0.2) is 8.42 Å². The molecule has 0 saturated heterocycles. The molecule has 1 saturated carbocycles. The summed E-state index contributed by atoms with van der Waals surface area (Å²) < 4.78 is 29.0. The molecule has 0 spiro atoms. The van der Waals surface area contributed by atoms with Gasteiger partial charge in [0, 0.05) is 12.3 Å². The highest BCUT2D eigenvalue weighted by atomic mass is 32.2. The molecule has 2 unspecified atom stereocenters. The average Bonchev–Trinajstić information content (AvgIpc) is 2.37. The van der Waals surface area contributed by atoms with Gasteiger partial charge in [-0.2, -0.15) is 0 Å². The molecule has 0 aromatic heterocycles. The van der Waals surface area contributed by atoms with E-state index in [0.29, 0.717) is 6.42 Å². The standard InChI is InChI=1S/C13H18N2O5S/c1-21(18,19)12-7-3-6-11(13(12)15(16)17)20-10-5-2-4-9(14)8-10/h3,6-7,9-10H,2,4-5,8,14H2,1H3. The van der Waals surface area contributed by atoms with Crippen LogP contribution in [0.1, 0.15) is 25.7 Å². The molecule has 0 bridgehead atoms. The van der Waals surface area contributed by atoms with Gasteiger partial charge in [-0.1, -0.05) is 6.07 Å². The van der Waals surface area contributed by atoms with E-state index in [1.54, 1.807) is 0 Å². The molecule has 2 N–H and O–H groups in total.